The van der Waals surface area contributed by atoms with Gasteiger partial charge in [0, 0.05) is 31.9 Å². The minimum Gasteiger partial charge on any atom is -0.324 e. The summed E-state index contributed by atoms with van der Waals surface area (Å²) in [6.07, 6.45) is 0. The summed E-state index contributed by atoms with van der Waals surface area (Å²) < 4.78 is 26.9. The van der Waals surface area contributed by atoms with Crippen molar-refractivity contribution in [2.75, 3.05) is 31.5 Å². The summed E-state index contributed by atoms with van der Waals surface area (Å²) >= 11 is 0. The molecule has 2 aromatic carbocycles. The van der Waals surface area contributed by atoms with Crippen LogP contribution in [0.3, 0.4) is 0 Å². The SMILES string of the molecule is Cc1ccc(NC(=O)C(C)N2CCN(S(=O)(=O)Cc3ccccc3)CC2)c(C)c1. The van der Waals surface area contributed by atoms with Crippen molar-refractivity contribution in [2.24, 2.45) is 0 Å². The molecule has 1 N–H and O–H groups in total. The number of benzene rings is 2. The zero-order valence-corrected chi connectivity index (χ0v) is 18.1. The van der Waals surface area contributed by atoms with Crippen LogP contribution in [0, 0.1) is 13.8 Å². The summed E-state index contributed by atoms with van der Waals surface area (Å²) in [5.41, 5.74) is 3.79. The summed E-state index contributed by atoms with van der Waals surface area (Å²) in [5.74, 6) is -0.0612. The van der Waals surface area contributed by atoms with Crippen LogP contribution in [0.1, 0.15) is 23.6 Å². The average Bonchev–Trinajstić information content (AvgIpc) is 2.70. The molecule has 156 valence electrons. The minimum absolute atomic E-state index is 0.0105. The first kappa shape index (κ1) is 21.5. The molecular formula is C22H29N3O3S. The third-order valence-corrected chi connectivity index (χ3v) is 7.28. The number of hydrogen-bond donors (Lipinski definition) is 1. The Morgan fingerprint density at radius 1 is 1.03 bits per heavy atom. The molecule has 7 heteroatoms. The van der Waals surface area contributed by atoms with E-state index in [0.717, 1.165) is 22.4 Å². The molecule has 0 spiro atoms. The standard InChI is InChI=1S/C22H29N3O3S/c1-17-9-10-21(18(2)15-17)23-22(26)19(3)24-11-13-25(14-12-24)29(27,28)16-20-7-5-4-6-8-20/h4-10,15,19H,11-14,16H2,1-3H3,(H,23,26). The maximum absolute atomic E-state index is 12.7. The second-order valence-electron chi connectivity index (χ2n) is 7.66. The van der Waals surface area contributed by atoms with E-state index in [1.54, 1.807) is 0 Å². The van der Waals surface area contributed by atoms with Crippen LogP contribution in [0.4, 0.5) is 5.69 Å². The van der Waals surface area contributed by atoms with Crippen LogP contribution >= 0.6 is 0 Å². The quantitative estimate of drug-likeness (QED) is 0.788. The molecule has 0 aromatic heterocycles. The predicted molar refractivity (Wildman–Crippen MR) is 116 cm³/mol. The molecule has 29 heavy (non-hydrogen) atoms. The number of carbonyl (C=O) groups is 1. The van der Waals surface area contributed by atoms with E-state index in [2.05, 4.69) is 5.32 Å². The highest BCUT2D eigenvalue weighted by Crippen LogP contribution is 2.18. The Hall–Kier alpha value is -2.22. The van der Waals surface area contributed by atoms with Crippen molar-refractivity contribution >= 4 is 21.6 Å². The number of carbonyl (C=O) groups excluding carboxylic acids is 1. The van der Waals surface area contributed by atoms with Gasteiger partial charge in [-0.05, 0) is 38.0 Å². The molecule has 1 amide bonds. The molecule has 1 aliphatic heterocycles. The number of rotatable bonds is 6. The van der Waals surface area contributed by atoms with E-state index < -0.39 is 10.0 Å². The summed E-state index contributed by atoms with van der Waals surface area (Å²) in [6, 6.07) is 14.8. The molecule has 2 aromatic rings. The second-order valence-corrected chi connectivity index (χ2v) is 9.63. The van der Waals surface area contributed by atoms with Gasteiger partial charge in [0.15, 0.2) is 0 Å². The van der Waals surface area contributed by atoms with Crippen molar-refractivity contribution < 1.29 is 13.2 Å². The van der Waals surface area contributed by atoms with Crippen molar-refractivity contribution in [3.8, 4) is 0 Å². The van der Waals surface area contributed by atoms with Crippen molar-refractivity contribution in [1.82, 2.24) is 9.21 Å². The van der Waals surface area contributed by atoms with Crippen LogP contribution in [0.25, 0.3) is 0 Å². The zero-order chi connectivity index (χ0) is 21.0. The van der Waals surface area contributed by atoms with Gasteiger partial charge >= 0.3 is 0 Å². The highest BCUT2D eigenvalue weighted by Gasteiger charge is 2.31. The van der Waals surface area contributed by atoms with Gasteiger partial charge in [-0.3, -0.25) is 9.69 Å². The molecule has 0 bridgehead atoms. The normalized spacial score (nSPS) is 17.1. The summed E-state index contributed by atoms with van der Waals surface area (Å²) in [5, 5.41) is 3.00. The van der Waals surface area contributed by atoms with E-state index in [1.165, 1.54) is 4.31 Å². The van der Waals surface area contributed by atoms with Crippen molar-refractivity contribution in [1.29, 1.82) is 0 Å². The monoisotopic (exact) mass is 415 g/mol. The third-order valence-electron chi connectivity index (χ3n) is 5.43. The van der Waals surface area contributed by atoms with E-state index in [-0.39, 0.29) is 17.7 Å². The lowest BCUT2D eigenvalue weighted by Gasteiger charge is -2.36. The molecule has 0 radical (unpaired) electrons. The second kappa shape index (κ2) is 9.07. The van der Waals surface area contributed by atoms with Crippen LogP contribution in [-0.4, -0.2) is 55.8 Å². The van der Waals surface area contributed by atoms with Crippen molar-refractivity contribution in [3.63, 3.8) is 0 Å². The van der Waals surface area contributed by atoms with Crippen LogP contribution in [-0.2, 0) is 20.6 Å². The molecule has 1 aliphatic rings. The van der Waals surface area contributed by atoms with Crippen LogP contribution in [0.5, 0.6) is 0 Å². The molecule has 1 unspecified atom stereocenters. The lowest BCUT2D eigenvalue weighted by molar-refractivity contribution is -0.121. The molecular weight excluding hydrogens is 386 g/mol. The molecule has 1 fully saturated rings. The maximum atomic E-state index is 12.7. The van der Waals surface area contributed by atoms with Gasteiger partial charge in [-0.15, -0.1) is 0 Å². The number of piperazine rings is 1. The van der Waals surface area contributed by atoms with Crippen LogP contribution in [0.2, 0.25) is 0 Å². The van der Waals surface area contributed by atoms with Gasteiger partial charge in [0.2, 0.25) is 15.9 Å². The number of hydrogen-bond acceptors (Lipinski definition) is 4. The predicted octanol–water partition coefficient (Wildman–Crippen LogP) is 2.78. The van der Waals surface area contributed by atoms with Crippen molar-refractivity contribution in [3.05, 3.63) is 65.2 Å². The first-order chi connectivity index (χ1) is 13.8. The van der Waals surface area contributed by atoms with E-state index in [4.69, 9.17) is 0 Å². The fourth-order valence-electron chi connectivity index (χ4n) is 3.60. The molecule has 0 saturated carbocycles. The highest BCUT2D eigenvalue weighted by atomic mass is 32.2. The van der Waals surface area contributed by atoms with E-state index in [1.807, 2.05) is 74.2 Å². The maximum Gasteiger partial charge on any atom is 0.241 e. The zero-order valence-electron chi connectivity index (χ0n) is 17.3. The van der Waals surface area contributed by atoms with Gasteiger partial charge < -0.3 is 5.32 Å². The number of sulfonamides is 1. The Morgan fingerprint density at radius 2 is 1.69 bits per heavy atom. The Kier molecular flexibility index (Phi) is 6.72. The summed E-state index contributed by atoms with van der Waals surface area (Å²) in [7, 11) is -3.36. The average molecular weight is 416 g/mol. The first-order valence-corrected chi connectivity index (χ1v) is 11.5. The first-order valence-electron chi connectivity index (χ1n) is 9.90. The largest absolute Gasteiger partial charge is 0.324 e. The highest BCUT2D eigenvalue weighted by molar-refractivity contribution is 7.88. The van der Waals surface area contributed by atoms with Crippen LogP contribution < -0.4 is 5.32 Å². The molecule has 1 atom stereocenters. The van der Waals surface area contributed by atoms with E-state index in [9.17, 15) is 13.2 Å². The number of aryl methyl sites for hydroxylation is 2. The molecule has 1 saturated heterocycles. The van der Waals surface area contributed by atoms with Crippen LogP contribution in [0.15, 0.2) is 48.5 Å². The van der Waals surface area contributed by atoms with E-state index >= 15 is 0 Å². The van der Waals surface area contributed by atoms with Gasteiger partial charge in [-0.25, -0.2) is 8.42 Å². The lowest BCUT2D eigenvalue weighted by Crippen LogP contribution is -2.54. The Bertz CT molecular complexity index is 953. The van der Waals surface area contributed by atoms with E-state index in [0.29, 0.717) is 26.2 Å². The Balaban J connectivity index is 1.56. The smallest absolute Gasteiger partial charge is 0.241 e. The van der Waals surface area contributed by atoms with Crippen molar-refractivity contribution in [2.45, 2.75) is 32.6 Å². The molecule has 6 nitrogen and oxygen atoms in total. The summed E-state index contributed by atoms with van der Waals surface area (Å²) in [4.78, 5) is 14.7. The molecule has 0 aliphatic carbocycles. The third kappa shape index (κ3) is 5.44. The molecule has 1 heterocycles. The number of nitrogens with zero attached hydrogens (tertiary/aromatic N) is 2. The number of amides is 1. The van der Waals surface area contributed by atoms with Gasteiger partial charge in [-0.2, -0.15) is 4.31 Å². The van der Waals surface area contributed by atoms with Gasteiger partial charge in [0.05, 0.1) is 11.8 Å². The molecule has 3 rings (SSSR count). The summed E-state index contributed by atoms with van der Waals surface area (Å²) in [6.45, 7) is 7.74. The van der Waals surface area contributed by atoms with Gasteiger partial charge in [0.1, 0.15) is 0 Å². The number of nitrogens with one attached hydrogen (secondary N) is 1. The fourth-order valence-corrected chi connectivity index (χ4v) is 5.12. The Morgan fingerprint density at radius 3 is 2.31 bits per heavy atom. The van der Waals surface area contributed by atoms with Gasteiger partial charge in [-0.1, -0.05) is 48.0 Å². The lowest BCUT2D eigenvalue weighted by atomic mass is 10.1. The topological polar surface area (TPSA) is 69.7 Å². The minimum atomic E-state index is -3.36. The Labute approximate surface area is 173 Å². The number of anilines is 1. The fraction of sp³-hybridized carbons (Fsp3) is 0.409. The van der Waals surface area contributed by atoms with Gasteiger partial charge in [0.25, 0.3) is 0 Å².